The van der Waals surface area contributed by atoms with Gasteiger partial charge in [-0.2, -0.15) is 4.31 Å². The average Bonchev–Trinajstić information content (AvgIpc) is 3.13. The summed E-state index contributed by atoms with van der Waals surface area (Å²) in [5.41, 5.74) is 0.994. The van der Waals surface area contributed by atoms with Crippen molar-refractivity contribution in [2.45, 2.75) is 50.5 Å². The standard InChI is InChI=1S/C19H24FN3O3S2/c1-3-16(19-21-13(2)12-27-19)22-18(24)14-7-8-15(20)17(11-14)28(25,26)23-9-5-4-6-10-23/h7-8,11-12,16H,3-6,9-10H2,1-2H3,(H,22,24). The fourth-order valence-corrected chi connectivity index (χ4v) is 5.74. The SMILES string of the molecule is CCC(NC(=O)c1ccc(F)c(S(=O)(=O)N2CCCCC2)c1)c1nc(C)cs1. The van der Waals surface area contributed by atoms with E-state index in [4.69, 9.17) is 0 Å². The Labute approximate surface area is 168 Å². The quantitative estimate of drug-likeness (QED) is 0.766. The van der Waals surface area contributed by atoms with Crippen molar-refractivity contribution >= 4 is 27.3 Å². The van der Waals surface area contributed by atoms with Crippen LogP contribution in [0.5, 0.6) is 0 Å². The number of carbonyl (C=O) groups is 1. The number of hydrogen-bond donors (Lipinski definition) is 1. The molecule has 2 heterocycles. The number of halogens is 1. The van der Waals surface area contributed by atoms with Gasteiger partial charge in [0, 0.05) is 29.7 Å². The molecule has 2 aromatic rings. The molecular formula is C19H24FN3O3S2. The lowest BCUT2D eigenvalue weighted by Gasteiger charge is -2.26. The molecule has 1 N–H and O–H groups in total. The Morgan fingerprint density at radius 2 is 2.04 bits per heavy atom. The molecule has 0 bridgehead atoms. The number of amides is 1. The number of benzene rings is 1. The molecule has 1 aliphatic heterocycles. The van der Waals surface area contributed by atoms with Crippen LogP contribution >= 0.6 is 11.3 Å². The Bertz CT molecular complexity index is 953. The molecule has 0 spiro atoms. The van der Waals surface area contributed by atoms with Gasteiger partial charge in [0.15, 0.2) is 0 Å². The van der Waals surface area contributed by atoms with Crippen LogP contribution in [0.25, 0.3) is 0 Å². The molecule has 28 heavy (non-hydrogen) atoms. The molecule has 3 rings (SSSR count). The summed E-state index contributed by atoms with van der Waals surface area (Å²) >= 11 is 1.46. The Morgan fingerprint density at radius 1 is 1.32 bits per heavy atom. The lowest BCUT2D eigenvalue weighted by Crippen LogP contribution is -2.36. The minimum absolute atomic E-state index is 0.115. The molecule has 9 heteroatoms. The van der Waals surface area contributed by atoms with Crippen LogP contribution in [0, 0.1) is 12.7 Å². The largest absolute Gasteiger partial charge is 0.343 e. The van der Waals surface area contributed by atoms with Crippen molar-refractivity contribution in [3.05, 3.63) is 45.7 Å². The highest BCUT2D eigenvalue weighted by atomic mass is 32.2. The van der Waals surface area contributed by atoms with Gasteiger partial charge in [0.25, 0.3) is 5.91 Å². The van der Waals surface area contributed by atoms with E-state index in [1.165, 1.54) is 21.7 Å². The first-order valence-electron chi connectivity index (χ1n) is 9.35. The van der Waals surface area contributed by atoms with E-state index in [0.717, 1.165) is 42.1 Å². The van der Waals surface area contributed by atoms with E-state index >= 15 is 0 Å². The molecule has 0 radical (unpaired) electrons. The zero-order valence-electron chi connectivity index (χ0n) is 15.9. The van der Waals surface area contributed by atoms with Crippen molar-refractivity contribution in [1.29, 1.82) is 0 Å². The second-order valence-electron chi connectivity index (χ2n) is 6.87. The molecule has 0 saturated carbocycles. The van der Waals surface area contributed by atoms with Crippen LogP contribution in [0.15, 0.2) is 28.5 Å². The third-order valence-corrected chi connectivity index (χ3v) is 7.76. The fraction of sp³-hybridized carbons (Fsp3) is 0.474. The summed E-state index contributed by atoms with van der Waals surface area (Å²) in [7, 11) is -3.96. The first kappa shape index (κ1) is 20.9. The number of nitrogens with zero attached hydrogens (tertiary/aromatic N) is 2. The van der Waals surface area contributed by atoms with Crippen LogP contribution in [0.2, 0.25) is 0 Å². The average molecular weight is 426 g/mol. The van der Waals surface area contributed by atoms with Gasteiger partial charge in [-0.1, -0.05) is 13.3 Å². The van der Waals surface area contributed by atoms with Crippen molar-refractivity contribution in [2.75, 3.05) is 13.1 Å². The minimum atomic E-state index is -3.96. The van der Waals surface area contributed by atoms with Crippen LogP contribution in [0.3, 0.4) is 0 Å². The Kier molecular flexibility index (Phi) is 6.47. The van der Waals surface area contributed by atoms with Gasteiger partial charge in [-0.15, -0.1) is 11.3 Å². The number of aryl methyl sites for hydroxylation is 1. The Hall–Kier alpha value is -1.84. The molecular weight excluding hydrogens is 401 g/mol. The molecule has 6 nitrogen and oxygen atoms in total. The molecule has 1 unspecified atom stereocenters. The summed E-state index contributed by atoms with van der Waals surface area (Å²) in [5.74, 6) is -1.29. The number of thiazole rings is 1. The van der Waals surface area contributed by atoms with E-state index in [-0.39, 0.29) is 11.6 Å². The number of sulfonamides is 1. The first-order valence-corrected chi connectivity index (χ1v) is 11.7. The van der Waals surface area contributed by atoms with Gasteiger partial charge in [-0.3, -0.25) is 4.79 Å². The molecule has 1 fully saturated rings. The zero-order chi connectivity index (χ0) is 20.3. The van der Waals surface area contributed by atoms with Crippen molar-refractivity contribution in [2.24, 2.45) is 0 Å². The summed E-state index contributed by atoms with van der Waals surface area (Å²) in [6, 6.07) is 3.20. The van der Waals surface area contributed by atoms with E-state index in [1.807, 2.05) is 19.2 Å². The predicted octanol–water partition coefficient (Wildman–Crippen LogP) is 3.65. The molecule has 1 aliphatic rings. The summed E-state index contributed by atoms with van der Waals surface area (Å²) in [6.45, 7) is 4.56. The number of piperidine rings is 1. The smallest absolute Gasteiger partial charge is 0.251 e. The Balaban J connectivity index is 1.84. The summed E-state index contributed by atoms with van der Waals surface area (Å²) < 4.78 is 41.3. The van der Waals surface area contributed by atoms with E-state index in [9.17, 15) is 17.6 Å². The third kappa shape index (κ3) is 4.42. The molecule has 1 amide bonds. The van der Waals surface area contributed by atoms with Crippen molar-refractivity contribution in [1.82, 2.24) is 14.6 Å². The van der Waals surface area contributed by atoms with E-state index < -0.39 is 26.6 Å². The van der Waals surface area contributed by atoms with Crippen LogP contribution in [0.4, 0.5) is 4.39 Å². The molecule has 0 aliphatic carbocycles. The minimum Gasteiger partial charge on any atom is -0.343 e. The lowest BCUT2D eigenvalue weighted by molar-refractivity contribution is 0.0935. The maximum atomic E-state index is 14.3. The van der Waals surface area contributed by atoms with Gasteiger partial charge in [-0.25, -0.2) is 17.8 Å². The molecule has 152 valence electrons. The zero-order valence-corrected chi connectivity index (χ0v) is 17.6. The number of hydrogen-bond acceptors (Lipinski definition) is 5. The van der Waals surface area contributed by atoms with Crippen molar-refractivity contribution in [3.63, 3.8) is 0 Å². The van der Waals surface area contributed by atoms with Gasteiger partial charge >= 0.3 is 0 Å². The van der Waals surface area contributed by atoms with Crippen LogP contribution < -0.4 is 5.32 Å². The van der Waals surface area contributed by atoms with Gasteiger partial charge in [0.1, 0.15) is 15.7 Å². The van der Waals surface area contributed by atoms with Crippen molar-refractivity contribution < 1.29 is 17.6 Å². The fourth-order valence-electron chi connectivity index (χ4n) is 3.20. The number of aromatic nitrogens is 1. The third-order valence-electron chi connectivity index (χ3n) is 4.77. The van der Waals surface area contributed by atoms with E-state index in [0.29, 0.717) is 19.5 Å². The highest BCUT2D eigenvalue weighted by molar-refractivity contribution is 7.89. The van der Waals surface area contributed by atoms with E-state index in [2.05, 4.69) is 10.3 Å². The van der Waals surface area contributed by atoms with Gasteiger partial charge in [0.05, 0.1) is 6.04 Å². The van der Waals surface area contributed by atoms with E-state index in [1.54, 1.807) is 0 Å². The van der Waals surface area contributed by atoms with Crippen LogP contribution in [-0.4, -0.2) is 36.7 Å². The molecule has 1 aromatic carbocycles. The number of rotatable bonds is 6. The van der Waals surface area contributed by atoms with Gasteiger partial charge in [-0.05, 0) is 44.4 Å². The summed E-state index contributed by atoms with van der Waals surface area (Å²) in [4.78, 5) is 16.7. The molecule has 1 atom stereocenters. The van der Waals surface area contributed by atoms with Crippen molar-refractivity contribution in [3.8, 4) is 0 Å². The highest BCUT2D eigenvalue weighted by Crippen LogP contribution is 2.25. The maximum Gasteiger partial charge on any atom is 0.251 e. The maximum absolute atomic E-state index is 14.3. The summed E-state index contributed by atoms with van der Waals surface area (Å²) in [6.07, 6.45) is 3.11. The summed E-state index contributed by atoms with van der Waals surface area (Å²) in [5, 5.41) is 5.56. The first-order chi connectivity index (χ1) is 13.3. The van der Waals surface area contributed by atoms with Crippen LogP contribution in [-0.2, 0) is 10.0 Å². The van der Waals surface area contributed by atoms with Crippen LogP contribution in [0.1, 0.15) is 59.7 Å². The second kappa shape index (κ2) is 8.67. The normalized spacial score (nSPS) is 16.7. The topological polar surface area (TPSA) is 79.4 Å². The monoisotopic (exact) mass is 425 g/mol. The number of carbonyl (C=O) groups excluding carboxylic acids is 1. The second-order valence-corrected chi connectivity index (χ2v) is 9.67. The molecule has 1 saturated heterocycles. The number of nitrogens with one attached hydrogen (secondary N) is 1. The predicted molar refractivity (Wildman–Crippen MR) is 106 cm³/mol. The van der Waals surface area contributed by atoms with Gasteiger partial charge in [0.2, 0.25) is 10.0 Å². The van der Waals surface area contributed by atoms with Gasteiger partial charge < -0.3 is 5.32 Å². The molecule has 1 aromatic heterocycles. The Morgan fingerprint density at radius 3 is 2.64 bits per heavy atom. The highest BCUT2D eigenvalue weighted by Gasteiger charge is 2.29. The lowest BCUT2D eigenvalue weighted by atomic mass is 10.1.